The molecule has 1 aliphatic carbocycles. The topological polar surface area (TPSA) is 76.7 Å². The summed E-state index contributed by atoms with van der Waals surface area (Å²) in [7, 11) is 2.92. The lowest BCUT2D eigenvalue weighted by molar-refractivity contribution is -0.136. The Balaban J connectivity index is 2.05. The van der Waals surface area contributed by atoms with Crippen molar-refractivity contribution in [2.24, 2.45) is 0 Å². The van der Waals surface area contributed by atoms with Crippen molar-refractivity contribution in [1.29, 1.82) is 0 Å². The fourth-order valence-electron chi connectivity index (χ4n) is 2.64. The number of rotatable bonds is 4. The quantitative estimate of drug-likeness (QED) is 0.826. The minimum atomic E-state index is -0.738. The smallest absolute Gasteiger partial charge is 0.313 e. The molecule has 1 aromatic rings. The van der Waals surface area contributed by atoms with Crippen LogP contribution in [0.15, 0.2) is 12.1 Å². The Bertz CT molecular complexity index is 586. The van der Waals surface area contributed by atoms with Gasteiger partial charge in [0.1, 0.15) is 11.5 Å². The minimum Gasteiger partial charge on any atom is -0.495 e. The highest BCUT2D eigenvalue weighted by molar-refractivity contribution is 6.40. The molecule has 0 atom stereocenters. The monoisotopic (exact) mass is 340 g/mol. The van der Waals surface area contributed by atoms with Crippen molar-refractivity contribution in [3.63, 3.8) is 0 Å². The third-order valence-corrected chi connectivity index (χ3v) is 4.16. The van der Waals surface area contributed by atoms with Crippen LogP contribution in [0.2, 0.25) is 5.02 Å². The molecule has 0 heterocycles. The summed E-state index contributed by atoms with van der Waals surface area (Å²) in [6, 6.07) is 3.12. The van der Waals surface area contributed by atoms with Crippen molar-refractivity contribution in [3.05, 3.63) is 17.2 Å². The van der Waals surface area contributed by atoms with Gasteiger partial charge in [-0.15, -0.1) is 0 Å². The highest BCUT2D eigenvalue weighted by Gasteiger charge is 2.22. The number of ether oxygens (including phenoxy) is 2. The van der Waals surface area contributed by atoms with Gasteiger partial charge in [0.25, 0.3) is 0 Å². The first-order valence-electron chi connectivity index (χ1n) is 7.58. The molecule has 23 heavy (non-hydrogen) atoms. The first-order chi connectivity index (χ1) is 11.0. The standard InChI is InChI=1S/C16H21ClN2O4/c1-22-13-9-12(14(23-2)8-11(13)17)19-16(21)15(20)18-10-6-4-3-5-7-10/h8-10H,3-7H2,1-2H3,(H,18,20)(H,19,21). The third kappa shape index (κ3) is 4.51. The van der Waals surface area contributed by atoms with Crippen LogP contribution >= 0.6 is 11.6 Å². The molecule has 0 aliphatic heterocycles. The maximum absolute atomic E-state index is 12.1. The molecule has 0 spiro atoms. The molecule has 2 amide bonds. The molecule has 2 rings (SSSR count). The van der Waals surface area contributed by atoms with Crippen LogP contribution in [0.1, 0.15) is 32.1 Å². The predicted octanol–water partition coefficient (Wildman–Crippen LogP) is 2.74. The van der Waals surface area contributed by atoms with Crippen molar-refractivity contribution < 1.29 is 19.1 Å². The van der Waals surface area contributed by atoms with Crippen LogP contribution in [0.25, 0.3) is 0 Å². The van der Waals surface area contributed by atoms with Crippen molar-refractivity contribution in [2.45, 2.75) is 38.1 Å². The van der Waals surface area contributed by atoms with Gasteiger partial charge in [-0.1, -0.05) is 30.9 Å². The third-order valence-electron chi connectivity index (χ3n) is 3.87. The molecule has 126 valence electrons. The first kappa shape index (κ1) is 17.4. The number of halogens is 1. The second-order valence-corrected chi connectivity index (χ2v) is 5.86. The van der Waals surface area contributed by atoms with E-state index in [4.69, 9.17) is 21.1 Å². The maximum atomic E-state index is 12.1. The van der Waals surface area contributed by atoms with E-state index in [0.29, 0.717) is 22.2 Å². The Kier molecular flexibility index (Phi) is 6.10. The Morgan fingerprint density at radius 1 is 1.04 bits per heavy atom. The van der Waals surface area contributed by atoms with E-state index in [1.807, 2.05) is 0 Å². The second kappa shape index (κ2) is 8.06. The Hall–Kier alpha value is -1.95. The van der Waals surface area contributed by atoms with Crippen molar-refractivity contribution in [1.82, 2.24) is 5.32 Å². The van der Waals surface area contributed by atoms with Gasteiger partial charge < -0.3 is 20.1 Å². The van der Waals surface area contributed by atoms with Gasteiger partial charge >= 0.3 is 11.8 Å². The fourth-order valence-corrected chi connectivity index (χ4v) is 2.87. The molecule has 0 radical (unpaired) electrons. The van der Waals surface area contributed by atoms with Gasteiger partial charge in [-0.2, -0.15) is 0 Å². The lowest BCUT2D eigenvalue weighted by Crippen LogP contribution is -2.42. The summed E-state index contributed by atoms with van der Waals surface area (Å²) in [5, 5.41) is 5.66. The zero-order valence-electron chi connectivity index (χ0n) is 13.3. The summed E-state index contributed by atoms with van der Waals surface area (Å²) in [6.07, 6.45) is 5.16. The molecule has 0 saturated heterocycles. The summed E-state index contributed by atoms with van der Waals surface area (Å²) in [6.45, 7) is 0. The number of carbonyl (C=O) groups is 2. The molecular formula is C16H21ClN2O4. The number of anilines is 1. The van der Waals surface area contributed by atoms with Crippen molar-refractivity contribution in [3.8, 4) is 11.5 Å². The van der Waals surface area contributed by atoms with E-state index in [9.17, 15) is 9.59 Å². The molecule has 0 unspecified atom stereocenters. The van der Waals surface area contributed by atoms with E-state index in [1.54, 1.807) is 0 Å². The van der Waals surface area contributed by atoms with E-state index in [0.717, 1.165) is 25.7 Å². The number of benzene rings is 1. The Morgan fingerprint density at radius 2 is 1.70 bits per heavy atom. The number of hydrogen-bond acceptors (Lipinski definition) is 4. The van der Waals surface area contributed by atoms with Gasteiger partial charge in [-0.25, -0.2) is 0 Å². The summed E-state index contributed by atoms with van der Waals surface area (Å²) >= 11 is 6.01. The van der Waals surface area contributed by atoms with Crippen LogP contribution in [0.5, 0.6) is 11.5 Å². The van der Waals surface area contributed by atoms with Crippen molar-refractivity contribution >= 4 is 29.1 Å². The first-order valence-corrected chi connectivity index (χ1v) is 7.96. The van der Waals surface area contributed by atoms with Crippen LogP contribution in [-0.2, 0) is 9.59 Å². The summed E-state index contributed by atoms with van der Waals surface area (Å²) in [4.78, 5) is 24.1. The highest BCUT2D eigenvalue weighted by atomic mass is 35.5. The normalized spacial score (nSPS) is 14.9. The molecule has 0 aromatic heterocycles. The second-order valence-electron chi connectivity index (χ2n) is 5.45. The minimum absolute atomic E-state index is 0.0728. The predicted molar refractivity (Wildman–Crippen MR) is 88.2 cm³/mol. The van der Waals surface area contributed by atoms with E-state index >= 15 is 0 Å². The van der Waals surface area contributed by atoms with Crippen LogP contribution in [0.4, 0.5) is 5.69 Å². The molecule has 1 aliphatic rings. The number of amides is 2. The van der Waals surface area contributed by atoms with Gasteiger partial charge in [0.15, 0.2) is 0 Å². The van der Waals surface area contributed by atoms with Gasteiger partial charge in [0.05, 0.1) is 24.9 Å². The van der Waals surface area contributed by atoms with E-state index in [-0.39, 0.29) is 6.04 Å². The summed E-state index contributed by atoms with van der Waals surface area (Å²) in [5.74, 6) is -0.642. The molecule has 2 N–H and O–H groups in total. The Morgan fingerprint density at radius 3 is 2.30 bits per heavy atom. The zero-order valence-corrected chi connectivity index (χ0v) is 14.0. The van der Waals surface area contributed by atoms with Crippen LogP contribution in [0.3, 0.4) is 0 Å². The molecule has 1 aromatic carbocycles. The molecule has 1 fully saturated rings. The number of carbonyl (C=O) groups excluding carboxylic acids is 2. The molecule has 6 nitrogen and oxygen atoms in total. The fraction of sp³-hybridized carbons (Fsp3) is 0.500. The summed E-state index contributed by atoms with van der Waals surface area (Å²) < 4.78 is 10.3. The van der Waals surface area contributed by atoms with E-state index in [2.05, 4.69) is 10.6 Å². The average Bonchev–Trinajstić information content (AvgIpc) is 2.56. The Labute approximate surface area is 140 Å². The molecular weight excluding hydrogens is 320 g/mol. The summed E-state index contributed by atoms with van der Waals surface area (Å²) in [5.41, 5.74) is 0.331. The lowest BCUT2D eigenvalue weighted by atomic mass is 9.95. The lowest BCUT2D eigenvalue weighted by Gasteiger charge is -2.22. The van der Waals surface area contributed by atoms with E-state index in [1.165, 1.54) is 32.8 Å². The zero-order chi connectivity index (χ0) is 16.8. The van der Waals surface area contributed by atoms with Crippen LogP contribution < -0.4 is 20.1 Å². The molecule has 1 saturated carbocycles. The van der Waals surface area contributed by atoms with Crippen LogP contribution in [-0.4, -0.2) is 32.1 Å². The number of nitrogens with one attached hydrogen (secondary N) is 2. The van der Waals surface area contributed by atoms with Crippen LogP contribution in [0, 0.1) is 0 Å². The van der Waals surface area contributed by atoms with Gasteiger partial charge in [-0.3, -0.25) is 9.59 Å². The van der Waals surface area contributed by atoms with Gasteiger partial charge in [-0.05, 0) is 12.8 Å². The average molecular weight is 341 g/mol. The highest BCUT2D eigenvalue weighted by Crippen LogP contribution is 2.35. The van der Waals surface area contributed by atoms with E-state index < -0.39 is 11.8 Å². The molecule has 0 bridgehead atoms. The largest absolute Gasteiger partial charge is 0.495 e. The number of methoxy groups -OCH3 is 2. The van der Waals surface area contributed by atoms with Gasteiger partial charge in [0, 0.05) is 18.2 Å². The molecule has 7 heteroatoms. The number of hydrogen-bond donors (Lipinski definition) is 2. The SMILES string of the molecule is COc1cc(NC(=O)C(=O)NC2CCCCC2)c(OC)cc1Cl. The van der Waals surface area contributed by atoms with Crippen molar-refractivity contribution in [2.75, 3.05) is 19.5 Å². The van der Waals surface area contributed by atoms with Gasteiger partial charge in [0.2, 0.25) is 0 Å². The maximum Gasteiger partial charge on any atom is 0.313 e.